The SMILES string of the molecule is CC(=O)C1CCC(S(=O)(=O)c2ccccc2)=C(F)C1. The van der Waals surface area contributed by atoms with Crippen molar-refractivity contribution in [1.82, 2.24) is 0 Å². The van der Waals surface area contributed by atoms with E-state index in [1.165, 1.54) is 19.1 Å². The van der Waals surface area contributed by atoms with Crippen LogP contribution in [-0.4, -0.2) is 14.2 Å². The Morgan fingerprint density at radius 1 is 1.26 bits per heavy atom. The van der Waals surface area contributed by atoms with Crippen LogP contribution in [0.2, 0.25) is 0 Å². The molecule has 19 heavy (non-hydrogen) atoms. The molecule has 0 fully saturated rings. The molecular formula is C14H15FO3S. The van der Waals surface area contributed by atoms with Crippen molar-refractivity contribution in [3.8, 4) is 0 Å². The largest absolute Gasteiger partial charge is 0.300 e. The zero-order valence-corrected chi connectivity index (χ0v) is 11.4. The van der Waals surface area contributed by atoms with Gasteiger partial charge in [-0.1, -0.05) is 18.2 Å². The summed E-state index contributed by atoms with van der Waals surface area (Å²) in [5, 5.41) is 0. The van der Waals surface area contributed by atoms with Crippen LogP contribution in [0.4, 0.5) is 4.39 Å². The molecule has 1 atom stereocenters. The van der Waals surface area contributed by atoms with Crippen LogP contribution in [0.1, 0.15) is 26.2 Å². The molecule has 0 heterocycles. The summed E-state index contributed by atoms with van der Waals surface area (Å²) < 4.78 is 38.6. The Kier molecular flexibility index (Phi) is 3.85. The summed E-state index contributed by atoms with van der Waals surface area (Å²) in [5.41, 5.74) is 0. The third-order valence-electron chi connectivity index (χ3n) is 3.40. The van der Waals surface area contributed by atoms with Crippen LogP contribution >= 0.6 is 0 Å². The van der Waals surface area contributed by atoms with E-state index in [4.69, 9.17) is 0 Å². The maximum Gasteiger partial charge on any atom is 0.205 e. The predicted octanol–water partition coefficient (Wildman–Crippen LogP) is 3.03. The number of carbonyl (C=O) groups is 1. The maximum atomic E-state index is 14.0. The van der Waals surface area contributed by atoms with Gasteiger partial charge in [-0.3, -0.25) is 4.79 Å². The molecule has 0 saturated heterocycles. The predicted molar refractivity (Wildman–Crippen MR) is 69.8 cm³/mol. The topological polar surface area (TPSA) is 51.2 Å². The zero-order valence-electron chi connectivity index (χ0n) is 10.6. The molecule has 1 aromatic carbocycles. The fourth-order valence-electron chi connectivity index (χ4n) is 2.24. The number of hydrogen-bond acceptors (Lipinski definition) is 3. The minimum absolute atomic E-state index is 0.0906. The van der Waals surface area contributed by atoms with Gasteiger partial charge in [-0.05, 0) is 31.9 Å². The first-order valence-electron chi connectivity index (χ1n) is 6.11. The molecule has 1 aliphatic carbocycles. The molecule has 0 bridgehead atoms. The van der Waals surface area contributed by atoms with Crippen LogP contribution in [0.25, 0.3) is 0 Å². The second-order valence-electron chi connectivity index (χ2n) is 4.69. The molecule has 102 valence electrons. The van der Waals surface area contributed by atoms with Gasteiger partial charge in [-0.15, -0.1) is 0 Å². The number of rotatable bonds is 3. The monoisotopic (exact) mass is 282 g/mol. The highest BCUT2D eigenvalue weighted by Gasteiger charge is 2.31. The van der Waals surface area contributed by atoms with Gasteiger partial charge in [0, 0.05) is 12.3 Å². The maximum absolute atomic E-state index is 14.0. The van der Waals surface area contributed by atoms with E-state index >= 15 is 0 Å². The molecule has 1 unspecified atom stereocenters. The molecule has 2 rings (SSSR count). The van der Waals surface area contributed by atoms with E-state index < -0.39 is 21.6 Å². The van der Waals surface area contributed by atoms with E-state index in [2.05, 4.69) is 0 Å². The summed E-state index contributed by atoms with van der Waals surface area (Å²) >= 11 is 0. The van der Waals surface area contributed by atoms with E-state index in [1.807, 2.05) is 0 Å². The van der Waals surface area contributed by atoms with Crippen LogP contribution in [-0.2, 0) is 14.6 Å². The van der Waals surface area contributed by atoms with Crippen molar-refractivity contribution in [2.75, 3.05) is 0 Å². The fourth-order valence-corrected chi connectivity index (χ4v) is 3.80. The number of ketones is 1. The number of allylic oxidation sites excluding steroid dienone is 2. The third-order valence-corrected chi connectivity index (χ3v) is 5.37. The lowest BCUT2D eigenvalue weighted by atomic mass is 9.90. The molecule has 3 nitrogen and oxygen atoms in total. The Balaban J connectivity index is 2.37. The summed E-state index contributed by atoms with van der Waals surface area (Å²) in [4.78, 5) is 11.2. The van der Waals surface area contributed by atoms with Crippen LogP contribution < -0.4 is 0 Å². The van der Waals surface area contributed by atoms with Crippen LogP contribution in [0, 0.1) is 5.92 Å². The summed E-state index contributed by atoms with van der Waals surface area (Å²) in [7, 11) is -3.77. The number of halogens is 1. The Bertz CT molecular complexity index is 617. The first-order chi connectivity index (χ1) is 8.93. The van der Waals surface area contributed by atoms with Crippen molar-refractivity contribution < 1.29 is 17.6 Å². The minimum atomic E-state index is -3.77. The summed E-state index contributed by atoms with van der Waals surface area (Å²) in [6.07, 6.45) is 0.383. The Morgan fingerprint density at radius 3 is 2.42 bits per heavy atom. The molecule has 0 radical (unpaired) electrons. The Hall–Kier alpha value is -1.49. The summed E-state index contributed by atoms with van der Waals surface area (Å²) in [6.45, 7) is 1.41. The van der Waals surface area contributed by atoms with Gasteiger partial charge in [0.25, 0.3) is 0 Å². The van der Waals surface area contributed by atoms with E-state index in [-0.39, 0.29) is 28.4 Å². The lowest BCUT2D eigenvalue weighted by molar-refractivity contribution is -0.121. The highest BCUT2D eigenvalue weighted by Crippen LogP contribution is 2.36. The van der Waals surface area contributed by atoms with Crippen LogP contribution in [0.5, 0.6) is 0 Å². The number of benzene rings is 1. The number of Topliss-reactive ketones (excluding diaryl/α,β-unsaturated/α-hetero) is 1. The molecule has 0 saturated carbocycles. The van der Waals surface area contributed by atoms with Crippen LogP contribution in [0.15, 0.2) is 46.0 Å². The lowest BCUT2D eigenvalue weighted by Gasteiger charge is -2.21. The van der Waals surface area contributed by atoms with E-state index in [0.717, 1.165) is 0 Å². The summed E-state index contributed by atoms with van der Waals surface area (Å²) in [6, 6.07) is 7.81. The van der Waals surface area contributed by atoms with Gasteiger partial charge in [0.2, 0.25) is 9.84 Å². The molecular weight excluding hydrogens is 267 g/mol. The summed E-state index contributed by atoms with van der Waals surface area (Å²) in [5.74, 6) is -1.16. The average molecular weight is 282 g/mol. The van der Waals surface area contributed by atoms with Crippen molar-refractivity contribution in [2.24, 2.45) is 5.92 Å². The number of carbonyl (C=O) groups excluding carboxylic acids is 1. The van der Waals surface area contributed by atoms with Gasteiger partial charge in [0.1, 0.15) is 11.6 Å². The highest BCUT2D eigenvalue weighted by molar-refractivity contribution is 7.95. The first kappa shape index (κ1) is 13.9. The van der Waals surface area contributed by atoms with Crippen molar-refractivity contribution in [2.45, 2.75) is 31.1 Å². The van der Waals surface area contributed by atoms with Crippen molar-refractivity contribution in [3.63, 3.8) is 0 Å². The smallest absolute Gasteiger partial charge is 0.205 e. The van der Waals surface area contributed by atoms with Gasteiger partial charge in [0.05, 0.1) is 9.80 Å². The van der Waals surface area contributed by atoms with Crippen LogP contribution in [0.3, 0.4) is 0 Å². The third kappa shape index (κ3) is 2.76. The number of sulfone groups is 1. The van der Waals surface area contributed by atoms with Gasteiger partial charge >= 0.3 is 0 Å². The quantitative estimate of drug-likeness (QED) is 0.856. The standard InChI is InChI=1S/C14H15FO3S/c1-10(16)11-7-8-14(13(15)9-11)19(17,18)12-5-3-2-4-6-12/h2-6,11H,7-9H2,1H3. The fraction of sp³-hybridized carbons (Fsp3) is 0.357. The minimum Gasteiger partial charge on any atom is -0.300 e. The molecule has 0 amide bonds. The van der Waals surface area contributed by atoms with Gasteiger partial charge in [0.15, 0.2) is 0 Å². The molecule has 1 aliphatic rings. The van der Waals surface area contributed by atoms with E-state index in [0.29, 0.717) is 6.42 Å². The second-order valence-corrected chi connectivity index (χ2v) is 6.67. The molecule has 0 N–H and O–H groups in total. The number of hydrogen-bond donors (Lipinski definition) is 0. The van der Waals surface area contributed by atoms with Crippen molar-refractivity contribution >= 4 is 15.6 Å². The normalized spacial score (nSPS) is 20.4. The Morgan fingerprint density at radius 2 is 1.89 bits per heavy atom. The lowest BCUT2D eigenvalue weighted by Crippen LogP contribution is -2.19. The van der Waals surface area contributed by atoms with Gasteiger partial charge in [-0.25, -0.2) is 12.8 Å². The molecule has 0 aliphatic heterocycles. The molecule has 0 spiro atoms. The van der Waals surface area contributed by atoms with Crippen molar-refractivity contribution in [1.29, 1.82) is 0 Å². The second kappa shape index (κ2) is 5.25. The highest BCUT2D eigenvalue weighted by atomic mass is 32.2. The average Bonchev–Trinajstić information content (AvgIpc) is 2.39. The van der Waals surface area contributed by atoms with Crippen molar-refractivity contribution in [3.05, 3.63) is 41.1 Å². The zero-order chi connectivity index (χ0) is 14.0. The molecule has 5 heteroatoms. The van der Waals surface area contributed by atoms with E-state index in [1.54, 1.807) is 18.2 Å². The van der Waals surface area contributed by atoms with Gasteiger partial charge in [-0.2, -0.15) is 0 Å². The van der Waals surface area contributed by atoms with E-state index in [9.17, 15) is 17.6 Å². The molecule has 0 aromatic heterocycles. The molecule has 1 aromatic rings. The first-order valence-corrected chi connectivity index (χ1v) is 7.59. The van der Waals surface area contributed by atoms with Gasteiger partial charge < -0.3 is 0 Å². The Labute approximate surface area is 112 Å².